The van der Waals surface area contributed by atoms with Gasteiger partial charge in [0, 0.05) is 30.2 Å². The smallest absolute Gasteiger partial charge is 0.311 e. The highest BCUT2D eigenvalue weighted by Crippen LogP contribution is 2.60. The Morgan fingerprint density at radius 2 is 1.90 bits per heavy atom. The molecule has 5 fully saturated rings. The Balaban J connectivity index is 1.42. The third kappa shape index (κ3) is 2.95. The van der Waals surface area contributed by atoms with E-state index in [4.69, 9.17) is 19.2 Å². The molecule has 0 N–H and O–H groups in total. The van der Waals surface area contributed by atoms with Gasteiger partial charge in [-0.25, -0.2) is 9.78 Å². The number of Topliss-reactive ketones (excluding diaryl/α,β-unsaturated/α-hetero) is 1. The summed E-state index contributed by atoms with van der Waals surface area (Å²) < 4.78 is 12.0. The number of esters is 1. The molecule has 4 heterocycles. The molecule has 6 heteroatoms. The zero-order valence-corrected chi connectivity index (χ0v) is 17.0. The van der Waals surface area contributed by atoms with E-state index in [9.17, 15) is 9.59 Å². The van der Waals surface area contributed by atoms with E-state index >= 15 is 0 Å². The van der Waals surface area contributed by atoms with Crippen LogP contribution in [0.25, 0.3) is 0 Å². The molecule has 0 radical (unpaired) electrons. The Labute approximate surface area is 170 Å². The topological polar surface area (TPSA) is 71.1 Å². The molecule has 2 unspecified atom stereocenters. The summed E-state index contributed by atoms with van der Waals surface area (Å²) in [6, 6.07) is 9.22. The van der Waals surface area contributed by atoms with Gasteiger partial charge in [-0.2, -0.15) is 0 Å². The molecule has 5 aliphatic rings. The highest BCUT2D eigenvalue weighted by Gasteiger charge is 2.70. The van der Waals surface area contributed by atoms with Gasteiger partial charge in [-0.1, -0.05) is 37.3 Å². The Morgan fingerprint density at radius 3 is 2.69 bits per heavy atom. The van der Waals surface area contributed by atoms with Crippen LogP contribution in [0.3, 0.4) is 0 Å². The molecule has 6 rings (SSSR count). The average Bonchev–Trinajstić information content (AvgIpc) is 2.95. The second kappa shape index (κ2) is 6.89. The predicted octanol–water partition coefficient (Wildman–Crippen LogP) is 4.04. The summed E-state index contributed by atoms with van der Waals surface area (Å²) in [6.45, 7) is 4.08. The van der Waals surface area contributed by atoms with Crippen molar-refractivity contribution < 1.29 is 28.8 Å². The Morgan fingerprint density at radius 1 is 1.10 bits per heavy atom. The van der Waals surface area contributed by atoms with Gasteiger partial charge in [0.25, 0.3) is 0 Å². The number of rotatable bonds is 4. The predicted molar refractivity (Wildman–Crippen MR) is 102 cm³/mol. The molecule has 29 heavy (non-hydrogen) atoms. The first kappa shape index (κ1) is 19.2. The first-order valence-electron chi connectivity index (χ1n) is 10.8. The average molecular weight is 400 g/mol. The number of ether oxygens (including phenoxy) is 2. The van der Waals surface area contributed by atoms with E-state index in [0.29, 0.717) is 30.7 Å². The maximum Gasteiger partial charge on any atom is 0.311 e. The molecule has 2 bridgehead atoms. The summed E-state index contributed by atoms with van der Waals surface area (Å²) in [4.78, 5) is 37.4. The molecule has 4 aliphatic heterocycles. The van der Waals surface area contributed by atoms with Crippen molar-refractivity contribution in [3.8, 4) is 0 Å². The van der Waals surface area contributed by atoms with Crippen LogP contribution in [0.4, 0.5) is 0 Å². The minimum Gasteiger partial charge on any atom is -0.432 e. The van der Waals surface area contributed by atoms with Gasteiger partial charge in [0.05, 0.1) is 5.92 Å². The van der Waals surface area contributed by atoms with Crippen molar-refractivity contribution in [2.24, 2.45) is 23.7 Å². The van der Waals surface area contributed by atoms with Gasteiger partial charge in [-0.05, 0) is 38.5 Å². The van der Waals surface area contributed by atoms with Gasteiger partial charge >= 0.3 is 5.97 Å². The summed E-state index contributed by atoms with van der Waals surface area (Å²) in [7, 11) is 0. The van der Waals surface area contributed by atoms with Crippen LogP contribution in [0.15, 0.2) is 30.3 Å². The summed E-state index contributed by atoms with van der Waals surface area (Å²) in [6.07, 6.45) is 3.51. The lowest BCUT2D eigenvalue weighted by atomic mass is 9.57. The zero-order chi connectivity index (χ0) is 20.2. The van der Waals surface area contributed by atoms with Gasteiger partial charge in [-0.3, -0.25) is 9.59 Å². The molecule has 6 nitrogen and oxygen atoms in total. The minimum atomic E-state index is -0.881. The van der Waals surface area contributed by atoms with Crippen LogP contribution in [0.1, 0.15) is 62.7 Å². The first-order valence-corrected chi connectivity index (χ1v) is 10.8. The molecule has 7 atom stereocenters. The van der Waals surface area contributed by atoms with Crippen LogP contribution >= 0.6 is 0 Å². The Hall–Kier alpha value is -1.76. The van der Waals surface area contributed by atoms with Crippen molar-refractivity contribution in [2.75, 3.05) is 0 Å². The minimum absolute atomic E-state index is 0.0456. The van der Waals surface area contributed by atoms with Crippen molar-refractivity contribution >= 4 is 11.8 Å². The standard InChI is InChI=1S/C23H28O6/c1-14-8-10-18-16(9-11-19(24)15-6-4-3-5-7-15)20(25)26-21-23(18)17(14)12-13-22(2,27-21)28-29-23/h3-7,14,16-18,21H,8-13H2,1-2H3/t14-,16?,17+,18+,21-,22+,23?/m1/s1. The Kier molecular flexibility index (Phi) is 4.57. The van der Waals surface area contributed by atoms with Crippen molar-refractivity contribution in [1.29, 1.82) is 0 Å². The molecule has 1 spiro atoms. The maximum atomic E-state index is 13.0. The molecule has 1 aromatic rings. The molecule has 4 saturated heterocycles. The van der Waals surface area contributed by atoms with Crippen molar-refractivity contribution in [1.82, 2.24) is 0 Å². The fourth-order valence-electron chi connectivity index (χ4n) is 5.99. The van der Waals surface area contributed by atoms with E-state index in [1.165, 1.54) is 0 Å². The number of benzene rings is 1. The third-order valence-corrected chi connectivity index (χ3v) is 7.57. The monoisotopic (exact) mass is 400 g/mol. The quantitative estimate of drug-likeness (QED) is 0.432. The lowest BCUT2D eigenvalue weighted by Gasteiger charge is -2.58. The fourth-order valence-corrected chi connectivity index (χ4v) is 5.99. The number of ketones is 1. The van der Waals surface area contributed by atoms with Crippen molar-refractivity contribution in [3.05, 3.63) is 35.9 Å². The van der Waals surface area contributed by atoms with Crippen LogP contribution < -0.4 is 0 Å². The molecule has 1 aromatic carbocycles. The van der Waals surface area contributed by atoms with Crippen LogP contribution in [-0.2, 0) is 24.0 Å². The third-order valence-electron chi connectivity index (χ3n) is 7.57. The second-order valence-electron chi connectivity index (χ2n) is 9.28. The molecule has 1 aliphatic carbocycles. The Bertz CT molecular complexity index is 809. The summed E-state index contributed by atoms with van der Waals surface area (Å²) in [5.41, 5.74) is -0.101. The summed E-state index contributed by atoms with van der Waals surface area (Å²) in [5, 5.41) is 0. The molecular weight excluding hydrogens is 372 g/mol. The van der Waals surface area contributed by atoms with E-state index in [1.54, 1.807) is 0 Å². The number of hydrogen-bond donors (Lipinski definition) is 0. The lowest BCUT2D eigenvalue weighted by Crippen LogP contribution is -2.70. The van der Waals surface area contributed by atoms with Crippen molar-refractivity contribution in [3.63, 3.8) is 0 Å². The van der Waals surface area contributed by atoms with Crippen LogP contribution in [0, 0.1) is 23.7 Å². The molecule has 0 aromatic heterocycles. The van der Waals surface area contributed by atoms with Crippen LogP contribution in [0.5, 0.6) is 0 Å². The SMILES string of the molecule is C[C@@H]1CC[C@H]2C(CCC(=O)c3ccccc3)C(=O)O[C@@H]3O[C@]4(C)CC[C@@H]1C32OO4. The highest BCUT2D eigenvalue weighted by atomic mass is 17.3. The highest BCUT2D eigenvalue weighted by molar-refractivity contribution is 5.96. The van der Waals surface area contributed by atoms with Gasteiger partial charge in [0.2, 0.25) is 12.1 Å². The molecular formula is C23H28O6. The van der Waals surface area contributed by atoms with Gasteiger partial charge in [0.15, 0.2) is 11.4 Å². The summed E-state index contributed by atoms with van der Waals surface area (Å²) in [5.74, 6) is -0.928. The van der Waals surface area contributed by atoms with Gasteiger partial charge in [-0.15, -0.1) is 0 Å². The number of carbonyl (C=O) groups excluding carboxylic acids is 2. The number of hydrogen-bond acceptors (Lipinski definition) is 6. The van der Waals surface area contributed by atoms with E-state index in [2.05, 4.69) is 6.92 Å². The second-order valence-corrected chi connectivity index (χ2v) is 9.28. The largest absolute Gasteiger partial charge is 0.432 e. The number of fused-ring (bicyclic) bond motifs is 2. The fraction of sp³-hybridized carbons (Fsp3) is 0.652. The van der Waals surface area contributed by atoms with E-state index in [-0.39, 0.29) is 29.5 Å². The molecule has 1 saturated carbocycles. The van der Waals surface area contributed by atoms with Gasteiger partial charge < -0.3 is 9.47 Å². The van der Waals surface area contributed by atoms with Crippen LogP contribution in [-0.4, -0.2) is 29.4 Å². The molecule has 0 amide bonds. The van der Waals surface area contributed by atoms with E-state index < -0.39 is 17.7 Å². The van der Waals surface area contributed by atoms with Crippen LogP contribution in [0.2, 0.25) is 0 Å². The maximum absolute atomic E-state index is 13.0. The zero-order valence-electron chi connectivity index (χ0n) is 17.0. The van der Waals surface area contributed by atoms with E-state index in [1.807, 2.05) is 37.3 Å². The summed E-state index contributed by atoms with van der Waals surface area (Å²) >= 11 is 0. The van der Waals surface area contributed by atoms with Gasteiger partial charge in [0.1, 0.15) is 0 Å². The molecule has 156 valence electrons. The lowest BCUT2D eigenvalue weighted by molar-refractivity contribution is -0.559. The van der Waals surface area contributed by atoms with Crippen molar-refractivity contribution in [2.45, 2.75) is 70.1 Å². The number of carbonyl (C=O) groups is 2. The van der Waals surface area contributed by atoms with E-state index in [0.717, 1.165) is 19.3 Å². The normalized spacial score (nSPS) is 43.2. The first-order chi connectivity index (χ1) is 13.9.